The lowest BCUT2D eigenvalue weighted by molar-refractivity contribution is -0.170. The molecule has 0 unspecified atom stereocenters. The number of pyridine rings is 1. The number of para-hydroxylation sites is 1. The van der Waals surface area contributed by atoms with Crippen LogP contribution in [0.1, 0.15) is 5.56 Å². The van der Waals surface area contributed by atoms with Crippen LogP contribution in [0.2, 0.25) is 0 Å². The Morgan fingerprint density at radius 1 is 1.00 bits per heavy atom. The first-order valence-electron chi connectivity index (χ1n) is 8.27. The van der Waals surface area contributed by atoms with Gasteiger partial charge >= 0.3 is 12.1 Å². The summed E-state index contributed by atoms with van der Waals surface area (Å²) in [7, 11) is 3.49. The van der Waals surface area contributed by atoms with Crippen LogP contribution in [0, 0.1) is 0 Å². The van der Waals surface area contributed by atoms with Gasteiger partial charge in [0.05, 0.1) is 17.7 Å². The number of nitrogens with zero attached hydrogens (tertiary/aromatic N) is 3. The molecule has 0 N–H and O–H groups in total. The summed E-state index contributed by atoms with van der Waals surface area (Å²) >= 11 is 0. The minimum absolute atomic E-state index is 0.176. The Hall–Kier alpha value is -3.09. The molecule has 1 amide bonds. The first-order chi connectivity index (χ1) is 12.8. The number of aromatic nitrogens is 1. The van der Waals surface area contributed by atoms with Gasteiger partial charge in [-0.25, -0.2) is 4.98 Å². The Morgan fingerprint density at radius 2 is 1.63 bits per heavy atom. The smallest absolute Gasteiger partial charge is 0.363 e. The molecule has 1 aromatic heterocycles. The first-order valence-corrected chi connectivity index (χ1v) is 8.27. The minimum Gasteiger partial charge on any atom is -0.363 e. The van der Waals surface area contributed by atoms with Crippen LogP contribution >= 0.6 is 0 Å². The molecule has 4 nitrogen and oxygen atoms in total. The van der Waals surface area contributed by atoms with Crippen LogP contribution in [-0.2, 0) is 11.3 Å². The zero-order valence-corrected chi connectivity index (χ0v) is 14.9. The van der Waals surface area contributed by atoms with Crippen molar-refractivity contribution < 1.29 is 18.0 Å². The summed E-state index contributed by atoms with van der Waals surface area (Å²) in [6.07, 6.45) is -4.99. The topological polar surface area (TPSA) is 36.4 Å². The Balaban J connectivity index is 2.20. The molecule has 2 aromatic carbocycles. The second-order valence-electron chi connectivity index (χ2n) is 6.29. The van der Waals surface area contributed by atoms with Crippen molar-refractivity contribution in [2.24, 2.45) is 0 Å². The van der Waals surface area contributed by atoms with Crippen molar-refractivity contribution in [3.8, 4) is 0 Å². The number of hydrogen-bond acceptors (Lipinski definition) is 3. The summed E-state index contributed by atoms with van der Waals surface area (Å²) in [4.78, 5) is 19.2. The highest BCUT2D eigenvalue weighted by molar-refractivity contribution is 6.05. The molecule has 0 radical (unpaired) electrons. The minimum atomic E-state index is -4.99. The van der Waals surface area contributed by atoms with Crippen molar-refractivity contribution in [1.82, 2.24) is 4.98 Å². The lowest BCUT2D eigenvalue weighted by atomic mass is 10.1. The summed E-state index contributed by atoms with van der Waals surface area (Å²) in [5.74, 6) is -1.44. The van der Waals surface area contributed by atoms with Gasteiger partial charge in [0.15, 0.2) is 0 Å². The number of anilines is 2. The molecule has 0 saturated carbocycles. The molecule has 0 aliphatic rings. The SMILES string of the molecule is CN(C)c1cc(N(Cc2ccccc2)C(=O)C(F)(F)F)c2ccccc2n1. The predicted octanol–water partition coefficient (Wildman–Crippen LogP) is 4.40. The third-order valence-electron chi connectivity index (χ3n) is 4.10. The zero-order valence-electron chi connectivity index (χ0n) is 14.9. The third kappa shape index (κ3) is 4.02. The summed E-state index contributed by atoms with van der Waals surface area (Å²) < 4.78 is 40.0. The van der Waals surface area contributed by atoms with Crippen LogP contribution in [0.5, 0.6) is 0 Å². The van der Waals surface area contributed by atoms with Crippen molar-refractivity contribution >= 4 is 28.3 Å². The molecule has 3 rings (SSSR count). The van der Waals surface area contributed by atoms with Crippen molar-refractivity contribution in [3.05, 3.63) is 66.2 Å². The highest BCUT2D eigenvalue weighted by atomic mass is 19.4. The fraction of sp³-hybridized carbons (Fsp3) is 0.200. The fourth-order valence-electron chi connectivity index (χ4n) is 2.78. The molecule has 0 fully saturated rings. The van der Waals surface area contributed by atoms with E-state index in [1.807, 2.05) is 0 Å². The van der Waals surface area contributed by atoms with Gasteiger partial charge in [-0.1, -0.05) is 48.5 Å². The van der Waals surface area contributed by atoms with Crippen LogP contribution < -0.4 is 9.80 Å². The van der Waals surface area contributed by atoms with E-state index in [2.05, 4.69) is 4.98 Å². The van der Waals surface area contributed by atoms with Gasteiger partial charge in [0.1, 0.15) is 5.82 Å². The van der Waals surface area contributed by atoms with Crippen LogP contribution in [-0.4, -0.2) is 31.2 Å². The molecule has 0 aliphatic carbocycles. The van der Waals surface area contributed by atoms with Crippen LogP contribution in [0.25, 0.3) is 10.9 Å². The molecule has 0 atom stereocenters. The second kappa shape index (κ2) is 7.26. The fourth-order valence-corrected chi connectivity index (χ4v) is 2.78. The monoisotopic (exact) mass is 373 g/mol. The number of hydrogen-bond donors (Lipinski definition) is 0. The maximum absolute atomic E-state index is 13.3. The summed E-state index contributed by atoms with van der Waals surface area (Å²) in [6.45, 7) is -0.194. The average molecular weight is 373 g/mol. The molecule has 0 bridgehead atoms. The lowest BCUT2D eigenvalue weighted by Crippen LogP contribution is -2.41. The number of fused-ring (bicyclic) bond motifs is 1. The highest BCUT2D eigenvalue weighted by Crippen LogP contribution is 2.33. The number of rotatable bonds is 4. The van der Waals surface area contributed by atoms with Gasteiger partial charge in [-0.3, -0.25) is 9.69 Å². The van der Waals surface area contributed by atoms with Crippen molar-refractivity contribution in [3.63, 3.8) is 0 Å². The van der Waals surface area contributed by atoms with Crippen molar-refractivity contribution in [2.45, 2.75) is 12.7 Å². The molecule has 0 spiro atoms. The van der Waals surface area contributed by atoms with E-state index in [0.29, 0.717) is 22.3 Å². The van der Waals surface area contributed by atoms with Crippen molar-refractivity contribution in [1.29, 1.82) is 0 Å². The first kappa shape index (κ1) is 18.7. The van der Waals surface area contributed by atoms with Crippen LogP contribution in [0.15, 0.2) is 60.7 Å². The Morgan fingerprint density at radius 3 is 2.26 bits per heavy atom. The zero-order chi connectivity index (χ0) is 19.6. The predicted molar refractivity (Wildman–Crippen MR) is 99.8 cm³/mol. The maximum Gasteiger partial charge on any atom is 0.471 e. The molecule has 0 saturated heterocycles. The maximum atomic E-state index is 13.3. The van der Waals surface area contributed by atoms with Gasteiger partial charge in [0.25, 0.3) is 0 Å². The third-order valence-corrected chi connectivity index (χ3v) is 4.10. The van der Waals surface area contributed by atoms with Gasteiger partial charge in [-0.15, -0.1) is 0 Å². The summed E-state index contributed by atoms with van der Waals surface area (Å²) in [5.41, 5.74) is 1.30. The Bertz CT molecular complexity index is 956. The molecule has 1 heterocycles. The number of carbonyl (C=O) groups is 1. The van der Waals surface area contributed by atoms with Gasteiger partial charge in [-0.2, -0.15) is 13.2 Å². The standard InChI is InChI=1S/C20H18F3N3O/c1-25(2)18-12-17(15-10-6-7-11-16(15)24-18)26(19(27)20(21,22)23)13-14-8-4-3-5-9-14/h3-12H,13H2,1-2H3. The van der Waals surface area contributed by atoms with E-state index in [1.165, 1.54) is 6.07 Å². The molecule has 3 aromatic rings. The highest BCUT2D eigenvalue weighted by Gasteiger charge is 2.43. The van der Waals surface area contributed by atoms with E-state index in [-0.39, 0.29) is 12.2 Å². The van der Waals surface area contributed by atoms with Gasteiger partial charge in [0, 0.05) is 25.5 Å². The second-order valence-corrected chi connectivity index (χ2v) is 6.29. The van der Waals surface area contributed by atoms with Gasteiger partial charge in [0.2, 0.25) is 0 Å². The number of carbonyl (C=O) groups excluding carboxylic acids is 1. The van der Waals surface area contributed by atoms with Crippen LogP contribution in [0.3, 0.4) is 0 Å². The quantitative estimate of drug-likeness (QED) is 0.680. The van der Waals surface area contributed by atoms with E-state index < -0.39 is 12.1 Å². The summed E-state index contributed by atoms with van der Waals surface area (Å²) in [5, 5.41) is 0.483. The number of amides is 1. The van der Waals surface area contributed by atoms with E-state index in [1.54, 1.807) is 73.6 Å². The molecule has 7 heteroatoms. The normalized spacial score (nSPS) is 11.4. The largest absolute Gasteiger partial charge is 0.471 e. The lowest BCUT2D eigenvalue weighted by Gasteiger charge is -2.26. The van der Waals surface area contributed by atoms with E-state index in [9.17, 15) is 18.0 Å². The number of alkyl halides is 3. The van der Waals surface area contributed by atoms with E-state index in [0.717, 1.165) is 4.90 Å². The summed E-state index contributed by atoms with van der Waals surface area (Å²) in [6, 6.07) is 16.9. The molecule has 0 aliphatic heterocycles. The van der Waals surface area contributed by atoms with Crippen molar-refractivity contribution in [2.75, 3.05) is 23.9 Å². The number of benzene rings is 2. The molecular weight excluding hydrogens is 355 g/mol. The average Bonchev–Trinajstić information content (AvgIpc) is 2.65. The van der Waals surface area contributed by atoms with Gasteiger partial charge in [-0.05, 0) is 11.6 Å². The molecular formula is C20H18F3N3O. The molecule has 140 valence electrons. The number of halogens is 3. The van der Waals surface area contributed by atoms with E-state index >= 15 is 0 Å². The van der Waals surface area contributed by atoms with Gasteiger partial charge < -0.3 is 4.90 Å². The molecule has 27 heavy (non-hydrogen) atoms. The van der Waals surface area contributed by atoms with E-state index in [4.69, 9.17) is 0 Å². The Labute approximate surface area is 154 Å². The van der Waals surface area contributed by atoms with Crippen LogP contribution in [0.4, 0.5) is 24.7 Å². The Kier molecular flexibility index (Phi) is 5.03.